The quantitative estimate of drug-likeness (QED) is 0.643. The van der Waals surface area contributed by atoms with Crippen LogP contribution in [0.25, 0.3) is 0 Å². The maximum Gasteiger partial charge on any atom is 0.269 e. The molecule has 0 saturated heterocycles. The summed E-state index contributed by atoms with van der Waals surface area (Å²) in [4.78, 5) is 33.9. The molecule has 0 saturated carbocycles. The topological polar surface area (TPSA) is 101 Å². The van der Waals surface area contributed by atoms with Crippen LogP contribution in [0.3, 0.4) is 0 Å². The first-order valence-corrected chi connectivity index (χ1v) is 7.71. The number of amides is 2. The first kappa shape index (κ1) is 18.1. The van der Waals surface area contributed by atoms with Crippen LogP contribution in [0.2, 0.25) is 0 Å². The summed E-state index contributed by atoms with van der Waals surface area (Å²) in [6.07, 6.45) is 0. The molecule has 7 nitrogen and oxygen atoms in total. The zero-order valence-electron chi connectivity index (χ0n) is 14.2. The SMILES string of the molecule is CC(=O)Nc1cccc(C(C)NC(=O)c2ccc([N+](=O)[O-])cc2C)c1. The molecule has 2 N–H and O–H groups in total. The molecule has 0 spiro atoms. The van der Waals surface area contributed by atoms with Crippen LogP contribution in [0.15, 0.2) is 42.5 Å². The van der Waals surface area contributed by atoms with E-state index in [1.807, 2.05) is 13.0 Å². The number of rotatable bonds is 5. The van der Waals surface area contributed by atoms with Gasteiger partial charge in [-0.15, -0.1) is 0 Å². The molecule has 0 aromatic heterocycles. The largest absolute Gasteiger partial charge is 0.346 e. The standard InChI is InChI=1S/C18H19N3O4/c1-11-9-16(21(24)25)7-8-17(11)18(23)19-12(2)14-5-4-6-15(10-14)20-13(3)22/h4-10,12H,1-3H3,(H,19,23)(H,20,22). The van der Waals surface area contributed by atoms with E-state index in [0.29, 0.717) is 16.8 Å². The van der Waals surface area contributed by atoms with E-state index in [4.69, 9.17) is 0 Å². The smallest absolute Gasteiger partial charge is 0.269 e. The number of carbonyl (C=O) groups excluding carboxylic acids is 2. The zero-order valence-corrected chi connectivity index (χ0v) is 14.2. The minimum Gasteiger partial charge on any atom is -0.346 e. The van der Waals surface area contributed by atoms with Crippen molar-refractivity contribution < 1.29 is 14.5 Å². The lowest BCUT2D eigenvalue weighted by Crippen LogP contribution is -2.27. The van der Waals surface area contributed by atoms with E-state index in [2.05, 4.69) is 10.6 Å². The van der Waals surface area contributed by atoms with Gasteiger partial charge in [-0.05, 0) is 43.2 Å². The second-order valence-corrected chi connectivity index (χ2v) is 5.76. The van der Waals surface area contributed by atoms with E-state index in [9.17, 15) is 19.7 Å². The Morgan fingerprint density at radius 2 is 1.88 bits per heavy atom. The highest BCUT2D eigenvalue weighted by Crippen LogP contribution is 2.20. The lowest BCUT2D eigenvalue weighted by atomic mass is 10.0. The summed E-state index contributed by atoms with van der Waals surface area (Å²) in [6.45, 7) is 4.91. The summed E-state index contributed by atoms with van der Waals surface area (Å²) in [5, 5.41) is 16.3. The van der Waals surface area contributed by atoms with Crippen molar-refractivity contribution in [3.05, 3.63) is 69.3 Å². The number of nitrogens with zero attached hydrogens (tertiary/aromatic N) is 1. The summed E-state index contributed by atoms with van der Waals surface area (Å²) in [5.74, 6) is -0.486. The van der Waals surface area contributed by atoms with Gasteiger partial charge in [-0.2, -0.15) is 0 Å². The molecule has 0 heterocycles. The Balaban J connectivity index is 2.15. The number of benzene rings is 2. The number of non-ortho nitro benzene ring substituents is 1. The van der Waals surface area contributed by atoms with Crippen LogP contribution in [0.4, 0.5) is 11.4 Å². The first-order valence-electron chi connectivity index (χ1n) is 7.71. The molecule has 2 amide bonds. The molecule has 2 rings (SSSR count). The van der Waals surface area contributed by atoms with E-state index >= 15 is 0 Å². The summed E-state index contributed by atoms with van der Waals surface area (Å²) >= 11 is 0. The van der Waals surface area contributed by atoms with Gasteiger partial charge in [0.15, 0.2) is 0 Å². The molecule has 130 valence electrons. The number of nitrogens with one attached hydrogen (secondary N) is 2. The van der Waals surface area contributed by atoms with Gasteiger partial charge in [0.2, 0.25) is 5.91 Å². The van der Waals surface area contributed by atoms with E-state index in [0.717, 1.165) is 5.56 Å². The van der Waals surface area contributed by atoms with E-state index < -0.39 is 4.92 Å². The lowest BCUT2D eigenvalue weighted by Gasteiger charge is -2.16. The molecule has 0 aliphatic carbocycles. The van der Waals surface area contributed by atoms with Crippen LogP contribution in [0.1, 0.15) is 41.4 Å². The minimum atomic E-state index is -0.495. The predicted molar refractivity (Wildman–Crippen MR) is 94.5 cm³/mol. The Hall–Kier alpha value is -3.22. The molecular formula is C18H19N3O4. The first-order chi connectivity index (χ1) is 11.8. The molecule has 0 aliphatic heterocycles. The Labute approximate surface area is 145 Å². The highest BCUT2D eigenvalue weighted by atomic mass is 16.6. The summed E-state index contributed by atoms with van der Waals surface area (Å²) in [7, 11) is 0. The average Bonchev–Trinajstić information content (AvgIpc) is 2.54. The van der Waals surface area contributed by atoms with Gasteiger partial charge >= 0.3 is 0 Å². The zero-order chi connectivity index (χ0) is 18.6. The van der Waals surface area contributed by atoms with Crippen LogP contribution in [0.5, 0.6) is 0 Å². The van der Waals surface area contributed by atoms with Crippen molar-refractivity contribution >= 4 is 23.2 Å². The van der Waals surface area contributed by atoms with Crippen molar-refractivity contribution in [3.8, 4) is 0 Å². The summed E-state index contributed by atoms with van der Waals surface area (Å²) < 4.78 is 0. The molecule has 2 aromatic carbocycles. The maximum atomic E-state index is 12.4. The molecule has 2 aromatic rings. The van der Waals surface area contributed by atoms with Gasteiger partial charge in [-0.25, -0.2) is 0 Å². The Morgan fingerprint density at radius 1 is 1.16 bits per heavy atom. The molecule has 0 bridgehead atoms. The number of nitro groups is 1. The van der Waals surface area contributed by atoms with E-state index in [1.165, 1.54) is 25.1 Å². The lowest BCUT2D eigenvalue weighted by molar-refractivity contribution is -0.384. The third kappa shape index (κ3) is 4.63. The van der Waals surface area contributed by atoms with Crippen molar-refractivity contribution in [2.45, 2.75) is 26.8 Å². The van der Waals surface area contributed by atoms with Gasteiger partial charge in [-0.3, -0.25) is 19.7 Å². The maximum absolute atomic E-state index is 12.4. The molecule has 0 radical (unpaired) electrons. The number of hydrogen-bond donors (Lipinski definition) is 2. The van der Waals surface area contributed by atoms with Gasteiger partial charge in [0.25, 0.3) is 11.6 Å². The summed E-state index contributed by atoms with van der Waals surface area (Å²) in [6, 6.07) is 11.0. The van der Waals surface area contributed by atoms with Gasteiger partial charge in [0.05, 0.1) is 11.0 Å². The number of nitro benzene ring substituents is 1. The number of hydrogen-bond acceptors (Lipinski definition) is 4. The molecular weight excluding hydrogens is 322 g/mol. The monoisotopic (exact) mass is 341 g/mol. The average molecular weight is 341 g/mol. The van der Waals surface area contributed by atoms with Crippen molar-refractivity contribution in [2.75, 3.05) is 5.32 Å². The number of aryl methyl sites for hydroxylation is 1. The summed E-state index contributed by atoms with van der Waals surface area (Å²) in [5.41, 5.74) is 2.35. The van der Waals surface area contributed by atoms with Crippen molar-refractivity contribution in [1.82, 2.24) is 5.32 Å². The van der Waals surface area contributed by atoms with Crippen molar-refractivity contribution in [1.29, 1.82) is 0 Å². The van der Waals surface area contributed by atoms with Crippen molar-refractivity contribution in [2.24, 2.45) is 0 Å². The molecule has 7 heteroatoms. The Kier molecular flexibility index (Phi) is 5.49. The van der Waals surface area contributed by atoms with Crippen LogP contribution < -0.4 is 10.6 Å². The molecule has 1 unspecified atom stereocenters. The fourth-order valence-electron chi connectivity index (χ4n) is 2.46. The fraction of sp³-hybridized carbons (Fsp3) is 0.222. The van der Waals surface area contributed by atoms with Crippen LogP contribution in [-0.2, 0) is 4.79 Å². The van der Waals surface area contributed by atoms with Gasteiger partial charge in [0.1, 0.15) is 0 Å². The Bertz CT molecular complexity index is 833. The van der Waals surface area contributed by atoms with E-state index in [-0.39, 0.29) is 23.5 Å². The highest BCUT2D eigenvalue weighted by molar-refractivity contribution is 5.96. The van der Waals surface area contributed by atoms with Crippen LogP contribution >= 0.6 is 0 Å². The second-order valence-electron chi connectivity index (χ2n) is 5.76. The molecule has 1 atom stereocenters. The minimum absolute atomic E-state index is 0.0508. The predicted octanol–water partition coefficient (Wildman–Crippen LogP) is 3.35. The fourth-order valence-corrected chi connectivity index (χ4v) is 2.46. The molecule has 0 fully saturated rings. The molecule has 0 aliphatic rings. The number of carbonyl (C=O) groups is 2. The van der Waals surface area contributed by atoms with Crippen molar-refractivity contribution in [3.63, 3.8) is 0 Å². The van der Waals surface area contributed by atoms with Gasteiger partial charge in [0, 0.05) is 30.3 Å². The third-order valence-electron chi connectivity index (χ3n) is 3.72. The second kappa shape index (κ2) is 7.57. The third-order valence-corrected chi connectivity index (χ3v) is 3.72. The number of anilines is 1. The van der Waals surface area contributed by atoms with Gasteiger partial charge in [-0.1, -0.05) is 12.1 Å². The normalized spacial score (nSPS) is 11.5. The van der Waals surface area contributed by atoms with Gasteiger partial charge < -0.3 is 10.6 Å². The highest BCUT2D eigenvalue weighted by Gasteiger charge is 2.16. The van der Waals surface area contributed by atoms with Crippen LogP contribution in [-0.4, -0.2) is 16.7 Å². The van der Waals surface area contributed by atoms with E-state index in [1.54, 1.807) is 25.1 Å². The van der Waals surface area contributed by atoms with Crippen LogP contribution in [0, 0.1) is 17.0 Å². The Morgan fingerprint density at radius 3 is 2.48 bits per heavy atom. The molecule has 25 heavy (non-hydrogen) atoms.